The Balaban J connectivity index is 1.53. The van der Waals surface area contributed by atoms with E-state index in [2.05, 4.69) is 10.3 Å². The van der Waals surface area contributed by atoms with Gasteiger partial charge in [0.05, 0.1) is 29.9 Å². The van der Waals surface area contributed by atoms with Gasteiger partial charge in [0, 0.05) is 18.0 Å². The minimum Gasteiger partial charge on any atom is -0.465 e. The first-order valence-electron chi connectivity index (χ1n) is 12.2. The van der Waals surface area contributed by atoms with Gasteiger partial charge in [-0.05, 0) is 62.8 Å². The molecule has 0 unspecified atom stereocenters. The normalized spacial score (nSPS) is 20.1. The number of hydrogen-bond donors (Lipinski definition) is 1. The number of halogens is 1. The number of rotatable bonds is 5. The molecule has 1 N–H and O–H groups in total. The van der Waals surface area contributed by atoms with E-state index >= 15 is 0 Å². The highest BCUT2D eigenvalue weighted by Gasteiger charge is 2.31. The van der Waals surface area contributed by atoms with Gasteiger partial charge in [0.25, 0.3) is 5.56 Å². The van der Waals surface area contributed by atoms with Crippen LogP contribution in [0.25, 0.3) is 16.7 Å². The van der Waals surface area contributed by atoms with E-state index in [1.54, 1.807) is 18.2 Å². The van der Waals surface area contributed by atoms with Gasteiger partial charge in [-0.3, -0.25) is 14.2 Å². The first-order chi connectivity index (χ1) is 17.4. The van der Waals surface area contributed by atoms with Crippen molar-refractivity contribution in [3.05, 3.63) is 68.7 Å². The molecular weight excluding hydrogens is 467 g/mol. The molecule has 9 nitrogen and oxygen atoms in total. The number of amides is 1. The van der Waals surface area contributed by atoms with Crippen LogP contribution in [0.15, 0.2) is 46.1 Å². The van der Waals surface area contributed by atoms with Gasteiger partial charge >= 0.3 is 11.7 Å². The van der Waals surface area contributed by atoms with Crippen LogP contribution in [0.2, 0.25) is 0 Å². The summed E-state index contributed by atoms with van der Waals surface area (Å²) < 4.78 is 21.3. The number of hydrogen-bond acceptors (Lipinski definition) is 6. The summed E-state index contributed by atoms with van der Waals surface area (Å²) >= 11 is 0. The van der Waals surface area contributed by atoms with Crippen molar-refractivity contribution in [2.24, 2.45) is 5.92 Å². The van der Waals surface area contributed by atoms with Gasteiger partial charge in [-0.2, -0.15) is 0 Å². The molecule has 2 aromatic heterocycles. The fourth-order valence-electron chi connectivity index (χ4n) is 5.09. The van der Waals surface area contributed by atoms with Crippen molar-refractivity contribution in [1.82, 2.24) is 19.4 Å². The molecular formula is C26H27FN4O5. The molecule has 1 aromatic carbocycles. The fourth-order valence-corrected chi connectivity index (χ4v) is 5.09. The van der Waals surface area contributed by atoms with Crippen molar-refractivity contribution in [2.45, 2.75) is 57.0 Å². The van der Waals surface area contributed by atoms with Crippen LogP contribution < -0.4 is 16.6 Å². The maximum absolute atomic E-state index is 14.1. The molecule has 2 heterocycles. The molecule has 10 heteroatoms. The van der Waals surface area contributed by atoms with Gasteiger partial charge in [-0.25, -0.2) is 23.5 Å². The second kappa shape index (κ2) is 9.67. The third-order valence-electron chi connectivity index (χ3n) is 7.30. The first kappa shape index (κ1) is 23.9. The predicted molar refractivity (Wildman–Crippen MR) is 130 cm³/mol. The lowest BCUT2D eigenvalue weighted by Gasteiger charge is -2.32. The van der Waals surface area contributed by atoms with Crippen molar-refractivity contribution in [2.75, 3.05) is 7.11 Å². The molecule has 0 aliphatic heterocycles. The zero-order chi connectivity index (χ0) is 25.4. The van der Waals surface area contributed by atoms with Crippen molar-refractivity contribution in [3.8, 4) is 5.69 Å². The average Bonchev–Trinajstić information content (AvgIpc) is 2.84. The molecule has 1 amide bonds. The lowest BCUT2D eigenvalue weighted by atomic mass is 9.84. The monoisotopic (exact) mass is 494 g/mol. The highest BCUT2D eigenvalue weighted by molar-refractivity contribution is 5.90. The zero-order valence-electron chi connectivity index (χ0n) is 19.9. The highest BCUT2D eigenvalue weighted by atomic mass is 19.1. The van der Waals surface area contributed by atoms with Crippen molar-refractivity contribution in [3.63, 3.8) is 0 Å². The Bertz CT molecular complexity index is 1450. The number of pyridine rings is 1. The van der Waals surface area contributed by atoms with Crippen LogP contribution in [0, 0.1) is 11.7 Å². The summed E-state index contributed by atoms with van der Waals surface area (Å²) in [5, 5.41) is 3.08. The van der Waals surface area contributed by atoms with Crippen LogP contribution in [0.1, 0.15) is 61.3 Å². The van der Waals surface area contributed by atoms with Gasteiger partial charge in [-0.15, -0.1) is 0 Å². The average molecular weight is 495 g/mol. The Kier molecular flexibility index (Phi) is 6.42. The van der Waals surface area contributed by atoms with E-state index in [0.29, 0.717) is 31.4 Å². The summed E-state index contributed by atoms with van der Waals surface area (Å²) in [6.45, 7) is 0. The second-order valence-electron chi connectivity index (χ2n) is 9.50. The first-order valence-corrected chi connectivity index (χ1v) is 12.2. The molecule has 36 heavy (non-hydrogen) atoms. The number of benzene rings is 1. The van der Waals surface area contributed by atoms with Crippen molar-refractivity contribution in [1.29, 1.82) is 0 Å². The Morgan fingerprint density at radius 3 is 2.50 bits per heavy atom. The minimum absolute atomic E-state index is 0.00332. The molecule has 188 valence electrons. The number of carbonyl (C=O) groups excluding carboxylic acids is 2. The number of aromatic nitrogens is 3. The number of nitrogens with zero attached hydrogens (tertiary/aromatic N) is 3. The van der Waals surface area contributed by atoms with Crippen LogP contribution in [0.3, 0.4) is 0 Å². The number of carbonyl (C=O) groups is 2. The molecule has 0 saturated heterocycles. The van der Waals surface area contributed by atoms with Crippen LogP contribution in [0.5, 0.6) is 0 Å². The van der Waals surface area contributed by atoms with E-state index in [0.717, 1.165) is 36.1 Å². The number of fused-ring (bicyclic) bond motifs is 1. The molecule has 0 radical (unpaired) electrons. The summed E-state index contributed by atoms with van der Waals surface area (Å²) in [7, 11) is 1.26. The lowest BCUT2D eigenvalue weighted by Crippen LogP contribution is -2.46. The van der Waals surface area contributed by atoms with Gasteiger partial charge in [0.1, 0.15) is 5.82 Å². The Labute approximate surface area is 205 Å². The molecule has 5 rings (SSSR count). The Hall–Kier alpha value is -3.82. The van der Waals surface area contributed by atoms with Crippen molar-refractivity contribution < 1.29 is 18.7 Å². The molecule has 0 spiro atoms. The Morgan fingerprint density at radius 1 is 1.08 bits per heavy atom. The standard InChI is InChI=1S/C26H27FN4O5/c1-36-25(34)16-6-3-7-20(12-16)30-22-21(13-17(27)14-28-22)24(33)31(26(30)35)19-10-8-18(9-11-19)29-23(32)15-4-2-5-15/h3,6-7,12-15,18-19H,2,4-5,8-11H2,1H3,(H,29,32)/t18-,19+. The quantitative estimate of drug-likeness (QED) is 0.546. The van der Waals surface area contributed by atoms with E-state index in [1.807, 2.05) is 0 Å². The fraction of sp³-hybridized carbons (Fsp3) is 0.423. The van der Waals surface area contributed by atoms with E-state index in [9.17, 15) is 23.6 Å². The lowest BCUT2D eigenvalue weighted by molar-refractivity contribution is -0.128. The van der Waals surface area contributed by atoms with Gasteiger partial charge in [0.2, 0.25) is 5.91 Å². The van der Waals surface area contributed by atoms with E-state index in [-0.39, 0.29) is 34.5 Å². The smallest absolute Gasteiger partial charge is 0.337 e. The third kappa shape index (κ3) is 4.31. The molecule has 2 fully saturated rings. The summed E-state index contributed by atoms with van der Waals surface area (Å²) in [5.74, 6) is -1.09. The maximum Gasteiger partial charge on any atom is 0.337 e. The van der Waals surface area contributed by atoms with Crippen LogP contribution >= 0.6 is 0 Å². The number of esters is 1. The maximum atomic E-state index is 14.1. The summed E-state index contributed by atoms with van der Waals surface area (Å²) in [4.78, 5) is 55.6. The highest BCUT2D eigenvalue weighted by Crippen LogP contribution is 2.30. The molecule has 2 aliphatic rings. The topological polar surface area (TPSA) is 112 Å². The van der Waals surface area contributed by atoms with Crippen LogP contribution in [0.4, 0.5) is 4.39 Å². The van der Waals surface area contributed by atoms with Gasteiger partial charge in [0.15, 0.2) is 5.65 Å². The summed E-state index contributed by atoms with van der Waals surface area (Å²) in [6.07, 6.45) is 6.17. The Morgan fingerprint density at radius 2 is 1.83 bits per heavy atom. The number of nitrogens with one attached hydrogen (secondary N) is 1. The van der Waals surface area contributed by atoms with Crippen LogP contribution in [-0.4, -0.2) is 39.1 Å². The molecule has 0 bridgehead atoms. The van der Waals surface area contributed by atoms with Gasteiger partial charge < -0.3 is 10.1 Å². The molecule has 2 saturated carbocycles. The largest absolute Gasteiger partial charge is 0.465 e. The van der Waals surface area contributed by atoms with E-state index in [4.69, 9.17) is 4.74 Å². The molecule has 2 aliphatic carbocycles. The third-order valence-corrected chi connectivity index (χ3v) is 7.30. The number of methoxy groups -OCH3 is 1. The van der Waals surface area contributed by atoms with Gasteiger partial charge in [-0.1, -0.05) is 12.5 Å². The SMILES string of the molecule is COC(=O)c1cccc(-n2c(=O)n([C@H]3CC[C@@H](NC(=O)C4CCC4)CC3)c(=O)c3cc(F)cnc32)c1. The number of ether oxygens (including phenoxy) is 1. The van der Waals surface area contributed by atoms with Crippen molar-refractivity contribution >= 4 is 22.9 Å². The summed E-state index contributed by atoms with van der Waals surface area (Å²) in [6, 6.07) is 6.89. The van der Waals surface area contributed by atoms with E-state index < -0.39 is 29.1 Å². The van der Waals surface area contributed by atoms with Crippen LogP contribution in [-0.2, 0) is 9.53 Å². The van der Waals surface area contributed by atoms with E-state index in [1.165, 1.54) is 17.7 Å². The molecule has 3 aromatic rings. The zero-order valence-corrected chi connectivity index (χ0v) is 19.9. The minimum atomic E-state index is -0.693. The summed E-state index contributed by atoms with van der Waals surface area (Å²) in [5.41, 5.74) is -0.689. The molecule has 0 atom stereocenters. The predicted octanol–water partition coefficient (Wildman–Crippen LogP) is 2.87. The second-order valence-corrected chi connectivity index (χ2v) is 9.50.